The highest BCUT2D eigenvalue weighted by atomic mass is 32.2. The molecule has 0 radical (unpaired) electrons. The Labute approximate surface area is 111 Å². The van der Waals surface area contributed by atoms with Crippen molar-refractivity contribution in [1.29, 1.82) is 0 Å². The van der Waals surface area contributed by atoms with Gasteiger partial charge in [0.05, 0.1) is 11.0 Å². The summed E-state index contributed by atoms with van der Waals surface area (Å²) in [6.07, 6.45) is 2.60. The fourth-order valence-corrected chi connectivity index (χ4v) is 2.50. The number of nitrogen functional groups attached to an aromatic ring is 1. The first-order valence-electron chi connectivity index (χ1n) is 6.06. The second-order valence-corrected chi connectivity index (χ2v) is 5.38. The molecule has 0 saturated heterocycles. The normalized spacial score (nSPS) is 13.1. The number of aliphatic hydroxyl groups is 1. The van der Waals surface area contributed by atoms with Crippen molar-refractivity contribution in [1.82, 2.24) is 9.55 Å². The van der Waals surface area contributed by atoms with E-state index in [4.69, 9.17) is 5.73 Å². The van der Waals surface area contributed by atoms with Crippen molar-refractivity contribution >= 4 is 28.5 Å². The van der Waals surface area contributed by atoms with Crippen LogP contribution >= 0.6 is 11.8 Å². The molecule has 98 valence electrons. The van der Waals surface area contributed by atoms with Crippen molar-refractivity contribution < 1.29 is 5.11 Å². The minimum absolute atomic E-state index is 0.562. The molecule has 1 heterocycles. The summed E-state index contributed by atoms with van der Waals surface area (Å²) >= 11 is 1.83. The van der Waals surface area contributed by atoms with Crippen LogP contribution in [0.3, 0.4) is 0 Å². The molecule has 0 aliphatic rings. The van der Waals surface area contributed by atoms with Gasteiger partial charge in [0.2, 0.25) is 0 Å². The van der Waals surface area contributed by atoms with Gasteiger partial charge in [0.1, 0.15) is 11.9 Å². The third-order valence-corrected chi connectivity index (χ3v) is 3.60. The minimum atomic E-state index is -0.562. The van der Waals surface area contributed by atoms with Gasteiger partial charge in [0.25, 0.3) is 0 Å². The van der Waals surface area contributed by atoms with Crippen LogP contribution in [0.15, 0.2) is 18.2 Å². The van der Waals surface area contributed by atoms with Crippen LogP contribution in [-0.2, 0) is 6.54 Å². The first-order chi connectivity index (χ1) is 8.63. The van der Waals surface area contributed by atoms with Crippen LogP contribution in [0.4, 0.5) is 5.69 Å². The van der Waals surface area contributed by atoms with Gasteiger partial charge in [-0.1, -0.05) is 0 Å². The number of aromatic nitrogens is 2. The predicted molar refractivity (Wildman–Crippen MR) is 77.8 cm³/mol. The van der Waals surface area contributed by atoms with Gasteiger partial charge in [-0.2, -0.15) is 11.8 Å². The van der Waals surface area contributed by atoms with Crippen molar-refractivity contribution in [2.24, 2.45) is 0 Å². The lowest BCUT2D eigenvalue weighted by atomic mass is 10.3. The molecule has 1 atom stereocenters. The molecule has 0 saturated carbocycles. The number of thioether (sulfide) groups is 1. The summed E-state index contributed by atoms with van der Waals surface area (Å²) in [5, 5.41) is 9.81. The predicted octanol–water partition coefficient (Wildman–Crippen LogP) is 2.42. The number of hydrogen-bond acceptors (Lipinski definition) is 4. The molecule has 1 unspecified atom stereocenters. The zero-order valence-corrected chi connectivity index (χ0v) is 11.6. The largest absolute Gasteiger partial charge is 0.399 e. The average Bonchev–Trinajstić information content (AvgIpc) is 2.68. The van der Waals surface area contributed by atoms with Crippen LogP contribution < -0.4 is 5.73 Å². The third kappa shape index (κ3) is 2.62. The molecule has 18 heavy (non-hydrogen) atoms. The fourth-order valence-electron chi connectivity index (χ4n) is 2.09. The molecule has 1 aromatic heterocycles. The highest BCUT2D eigenvalue weighted by Gasteiger charge is 2.14. The van der Waals surface area contributed by atoms with E-state index in [0.717, 1.165) is 35.6 Å². The molecule has 0 bridgehead atoms. The van der Waals surface area contributed by atoms with E-state index in [-0.39, 0.29) is 0 Å². The third-order valence-electron chi connectivity index (χ3n) is 2.91. The molecule has 0 aliphatic heterocycles. The first kappa shape index (κ1) is 13.2. The monoisotopic (exact) mass is 265 g/mol. The zero-order chi connectivity index (χ0) is 13.1. The van der Waals surface area contributed by atoms with Crippen LogP contribution in [0.1, 0.15) is 25.3 Å². The molecule has 5 heteroatoms. The van der Waals surface area contributed by atoms with Gasteiger partial charge in [-0.3, -0.25) is 0 Å². The molecule has 0 fully saturated rings. The molecule has 1 aromatic carbocycles. The summed E-state index contributed by atoms with van der Waals surface area (Å²) < 4.78 is 2.09. The maximum absolute atomic E-state index is 9.81. The Morgan fingerprint density at radius 2 is 2.28 bits per heavy atom. The molecule has 0 aliphatic carbocycles. The van der Waals surface area contributed by atoms with Crippen molar-refractivity contribution in [2.75, 3.05) is 17.7 Å². The lowest BCUT2D eigenvalue weighted by Gasteiger charge is -2.10. The first-order valence-corrected chi connectivity index (χ1v) is 7.45. The number of hydrogen-bond donors (Lipinski definition) is 2. The summed E-state index contributed by atoms with van der Waals surface area (Å²) in [7, 11) is 0. The lowest BCUT2D eigenvalue weighted by Crippen LogP contribution is -2.07. The molecule has 0 spiro atoms. The second-order valence-electron chi connectivity index (χ2n) is 4.39. The Hall–Kier alpha value is -1.20. The molecular weight excluding hydrogens is 246 g/mol. The topological polar surface area (TPSA) is 64.1 Å². The van der Waals surface area contributed by atoms with Crippen LogP contribution in [0.2, 0.25) is 0 Å². The zero-order valence-electron chi connectivity index (χ0n) is 10.8. The van der Waals surface area contributed by atoms with Gasteiger partial charge in [0.15, 0.2) is 0 Å². The van der Waals surface area contributed by atoms with E-state index < -0.39 is 6.10 Å². The van der Waals surface area contributed by atoms with E-state index in [2.05, 4.69) is 15.8 Å². The maximum atomic E-state index is 9.81. The second kappa shape index (κ2) is 5.63. The summed E-state index contributed by atoms with van der Waals surface area (Å²) in [6, 6.07) is 5.70. The number of benzene rings is 1. The van der Waals surface area contributed by atoms with Crippen molar-refractivity contribution in [2.45, 2.75) is 26.0 Å². The van der Waals surface area contributed by atoms with Gasteiger partial charge in [-0.15, -0.1) is 0 Å². The Morgan fingerprint density at radius 3 is 2.94 bits per heavy atom. The SMILES string of the molecule is CSCCCn1c(C(C)O)nc2cc(N)ccc21. The maximum Gasteiger partial charge on any atom is 0.138 e. The van der Waals surface area contributed by atoms with Crippen LogP contribution in [0.5, 0.6) is 0 Å². The number of imidazole rings is 1. The summed E-state index contributed by atoms with van der Waals surface area (Å²) in [5.74, 6) is 1.82. The van der Waals surface area contributed by atoms with Crippen molar-refractivity contribution in [3.8, 4) is 0 Å². The van der Waals surface area contributed by atoms with E-state index in [1.54, 1.807) is 6.92 Å². The van der Waals surface area contributed by atoms with Crippen LogP contribution in [0.25, 0.3) is 11.0 Å². The number of nitrogens with zero attached hydrogens (tertiary/aromatic N) is 2. The lowest BCUT2D eigenvalue weighted by molar-refractivity contribution is 0.184. The molecule has 2 aromatic rings. The van der Waals surface area contributed by atoms with E-state index in [1.807, 2.05) is 30.0 Å². The van der Waals surface area contributed by atoms with Crippen molar-refractivity contribution in [3.05, 3.63) is 24.0 Å². The van der Waals surface area contributed by atoms with Crippen LogP contribution in [0, 0.1) is 0 Å². The number of anilines is 1. The smallest absolute Gasteiger partial charge is 0.138 e. The Bertz CT molecular complexity index is 536. The van der Waals surface area contributed by atoms with E-state index in [0.29, 0.717) is 5.69 Å². The van der Waals surface area contributed by atoms with E-state index >= 15 is 0 Å². The Kier molecular flexibility index (Phi) is 4.14. The average molecular weight is 265 g/mol. The van der Waals surface area contributed by atoms with Gasteiger partial charge in [-0.05, 0) is 43.6 Å². The van der Waals surface area contributed by atoms with Gasteiger partial charge in [-0.25, -0.2) is 4.98 Å². The summed E-state index contributed by atoms with van der Waals surface area (Å²) in [5.41, 5.74) is 8.37. The highest BCUT2D eigenvalue weighted by molar-refractivity contribution is 7.98. The standard InChI is InChI=1S/C13H19N3OS/c1-9(17)13-15-11-8-10(14)4-5-12(11)16(13)6-3-7-18-2/h4-5,8-9,17H,3,6-7,14H2,1-2H3. The highest BCUT2D eigenvalue weighted by Crippen LogP contribution is 2.23. The van der Waals surface area contributed by atoms with Gasteiger partial charge >= 0.3 is 0 Å². The number of nitrogens with two attached hydrogens (primary N) is 1. The number of rotatable bonds is 5. The minimum Gasteiger partial charge on any atom is -0.399 e. The summed E-state index contributed by atoms with van der Waals surface area (Å²) in [4.78, 5) is 4.48. The quantitative estimate of drug-likeness (QED) is 0.644. The van der Waals surface area contributed by atoms with E-state index in [9.17, 15) is 5.11 Å². The number of fused-ring (bicyclic) bond motifs is 1. The summed E-state index contributed by atoms with van der Waals surface area (Å²) in [6.45, 7) is 2.62. The number of aliphatic hydroxyl groups excluding tert-OH is 1. The molecule has 3 N–H and O–H groups in total. The molecule has 4 nitrogen and oxygen atoms in total. The Morgan fingerprint density at radius 1 is 1.50 bits per heavy atom. The van der Waals surface area contributed by atoms with Gasteiger partial charge < -0.3 is 15.4 Å². The van der Waals surface area contributed by atoms with Gasteiger partial charge in [0, 0.05) is 12.2 Å². The van der Waals surface area contributed by atoms with Crippen molar-refractivity contribution in [3.63, 3.8) is 0 Å². The van der Waals surface area contributed by atoms with Crippen LogP contribution in [-0.4, -0.2) is 26.7 Å². The number of aryl methyl sites for hydroxylation is 1. The van der Waals surface area contributed by atoms with E-state index in [1.165, 1.54) is 0 Å². The fraction of sp³-hybridized carbons (Fsp3) is 0.462. The molecule has 2 rings (SSSR count). The molecular formula is C13H19N3OS. The Balaban J connectivity index is 2.42. The molecule has 0 amide bonds.